The molecule has 124 heavy (non-hydrogen) atoms. The number of benzene rings is 16. The standard InChI is InChI=1S/2C22H21N.C22H20O.C22H20S.2C16H18/c1-22(2,3)18-12-6-9-15-21(18)23-19-13-7-4-10-16(19)17-11-5-8-14-20(17)23;1-22(2,3)19-14-9-13-18-17-12-7-8-15-20(17)23(21(18)19)16-10-5-4-6-11-16;2*1-22(2,3)17-12-8-14-19-21(17)20-16(11-7-13-18(20)23-19)15-9-5-4-6-10-15;2*1-16(2,3)15-12-8-7-11-14(15)13-9-5-4-6-10-13/h2*4-15H,1-3H3;2*4-14H,1-3H3;2*4-12H,1-3H3/i;;;;4D,5D,6D,9D,10D;. The lowest BCUT2D eigenvalue weighted by molar-refractivity contribution is 0.587. The van der Waals surface area contributed by atoms with Crippen LogP contribution in [0.15, 0.2) is 393 Å². The van der Waals surface area contributed by atoms with Crippen LogP contribution in [0.1, 0.15) is 165 Å². The molecule has 0 bridgehead atoms. The third-order valence-corrected chi connectivity index (χ3v) is 24.3. The van der Waals surface area contributed by atoms with Gasteiger partial charge in [-0.2, -0.15) is 0 Å². The van der Waals surface area contributed by atoms with Crippen LogP contribution in [0.3, 0.4) is 0 Å². The average Bonchev–Trinajstić information content (AvgIpc) is 1.54. The highest BCUT2D eigenvalue weighted by Gasteiger charge is 2.28. The lowest BCUT2D eigenvalue weighted by atomic mass is 9.82. The maximum Gasteiger partial charge on any atom is 0.136 e. The van der Waals surface area contributed by atoms with E-state index in [2.05, 4.69) is 447 Å². The molecule has 4 heteroatoms. The molecule has 620 valence electrons. The first-order chi connectivity index (χ1) is 61.5. The number of fused-ring (bicyclic) bond motifs is 12. The number of nitrogens with zero attached hydrogens (tertiary/aromatic N) is 2. The number of hydrogen-bond donors (Lipinski definition) is 0. The topological polar surface area (TPSA) is 23.0 Å². The molecule has 0 aliphatic rings. The molecule has 20 aromatic rings. The van der Waals surface area contributed by atoms with E-state index in [1.54, 1.807) is 0 Å². The van der Waals surface area contributed by atoms with Gasteiger partial charge in [-0.3, -0.25) is 0 Å². The molecule has 0 atom stereocenters. The van der Waals surface area contributed by atoms with Crippen molar-refractivity contribution in [1.82, 2.24) is 9.13 Å². The molecule has 4 aromatic heterocycles. The van der Waals surface area contributed by atoms with Gasteiger partial charge in [-0.05, 0) is 171 Å². The summed E-state index contributed by atoms with van der Waals surface area (Å²) in [6.45, 7) is 40.3. The van der Waals surface area contributed by atoms with Crippen molar-refractivity contribution in [2.24, 2.45) is 0 Å². The highest BCUT2D eigenvalue weighted by atomic mass is 32.1. The first kappa shape index (κ1) is 79.6. The normalized spacial score (nSPS) is 12.5. The summed E-state index contributed by atoms with van der Waals surface area (Å²) in [5.41, 5.74) is 26.5. The summed E-state index contributed by atoms with van der Waals surface area (Å²) in [6, 6.07) is 125. The third kappa shape index (κ3) is 18.4. The smallest absolute Gasteiger partial charge is 0.136 e. The van der Waals surface area contributed by atoms with Crippen LogP contribution in [-0.2, 0) is 32.5 Å². The molecule has 0 spiro atoms. The predicted octanol–water partition coefficient (Wildman–Crippen LogP) is 35.0. The van der Waals surface area contributed by atoms with Crippen LogP contribution in [0.5, 0.6) is 0 Å². The van der Waals surface area contributed by atoms with E-state index in [-0.39, 0.29) is 68.3 Å². The summed E-state index contributed by atoms with van der Waals surface area (Å²) in [4.78, 5) is 0. The minimum absolute atomic E-state index is 0.0696. The number of aromatic nitrogens is 2. The Balaban J connectivity index is 0.000000119. The Morgan fingerprint density at radius 2 is 0.556 bits per heavy atom. The van der Waals surface area contributed by atoms with Gasteiger partial charge in [0.05, 0.1) is 28.9 Å². The van der Waals surface area contributed by atoms with Gasteiger partial charge in [0.25, 0.3) is 0 Å². The van der Waals surface area contributed by atoms with Crippen LogP contribution >= 0.6 is 11.3 Å². The van der Waals surface area contributed by atoms with Crippen molar-refractivity contribution in [2.75, 3.05) is 0 Å². The molecule has 0 fully saturated rings. The van der Waals surface area contributed by atoms with Gasteiger partial charge >= 0.3 is 0 Å². The Morgan fingerprint density at radius 3 is 1.06 bits per heavy atom. The largest absolute Gasteiger partial charge is 0.456 e. The van der Waals surface area contributed by atoms with E-state index in [9.17, 15) is 0 Å². The van der Waals surface area contributed by atoms with Crippen LogP contribution in [0.25, 0.3) is 142 Å². The van der Waals surface area contributed by atoms with E-state index in [1.165, 1.54) is 147 Å². The second kappa shape index (κ2) is 35.9. The number of hydrogen-bond acceptors (Lipinski definition) is 2. The van der Waals surface area contributed by atoms with E-state index < -0.39 is 0 Å². The monoisotopic (exact) mass is 1640 g/mol. The fraction of sp³-hybridized carbons (Fsp3) is 0.200. The minimum atomic E-state index is -0.359. The van der Waals surface area contributed by atoms with Crippen molar-refractivity contribution >= 4 is 97.1 Å². The van der Waals surface area contributed by atoms with Crippen molar-refractivity contribution < 1.29 is 11.3 Å². The maximum absolute atomic E-state index is 8.10. The van der Waals surface area contributed by atoms with Gasteiger partial charge in [0, 0.05) is 63.9 Å². The zero-order valence-electron chi connectivity index (χ0n) is 80.3. The molecule has 0 saturated heterocycles. The van der Waals surface area contributed by atoms with Crippen molar-refractivity contribution in [1.29, 1.82) is 0 Å². The third-order valence-electron chi connectivity index (χ3n) is 23.2. The van der Waals surface area contributed by atoms with Crippen molar-refractivity contribution in [3.8, 4) is 55.9 Å². The number of rotatable bonds is 6. The van der Waals surface area contributed by atoms with Crippen molar-refractivity contribution in [3.63, 3.8) is 0 Å². The van der Waals surface area contributed by atoms with E-state index >= 15 is 0 Å². The second-order valence-electron chi connectivity index (χ2n) is 38.4. The Hall–Kier alpha value is -12.9. The lowest BCUT2D eigenvalue weighted by Gasteiger charge is -2.24. The number of para-hydroxylation sites is 6. The molecular weight excluding hydrogens is 1520 g/mol. The van der Waals surface area contributed by atoms with E-state index in [1.807, 2.05) is 56.4 Å². The molecule has 0 saturated carbocycles. The average molecular weight is 1640 g/mol. The van der Waals surface area contributed by atoms with Crippen molar-refractivity contribution in [2.45, 2.75) is 157 Å². The van der Waals surface area contributed by atoms with Crippen LogP contribution < -0.4 is 0 Å². The lowest BCUT2D eigenvalue weighted by Crippen LogP contribution is -2.15. The Kier molecular flexibility index (Phi) is 23.1. The van der Waals surface area contributed by atoms with Gasteiger partial charge in [-0.1, -0.05) is 452 Å². The molecule has 0 N–H and O–H groups in total. The summed E-state index contributed by atoms with van der Waals surface area (Å²) in [5, 5.41) is 10.6. The van der Waals surface area contributed by atoms with Gasteiger partial charge in [0.1, 0.15) is 11.2 Å². The number of thiophene rings is 1. The predicted molar refractivity (Wildman–Crippen MR) is 541 cm³/mol. The van der Waals surface area contributed by atoms with Crippen LogP contribution in [0.2, 0.25) is 0 Å². The maximum atomic E-state index is 8.10. The van der Waals surface area contributed by atoms with Gasteiger partial charge in [-0.25, -0.2) is 0 Å². The minimum Gasteiger partial charge on any atom is -0.456 e. The van der Waals surface area contributed by atoms with E-state index in [4.69, 9.17) is 11.3 Å². The summed E-state index contributed by atoms with van der Waals surface area (Å²) in [5.74, 6) is 0. The molecule has 4 heterocycles. The zero-order valence-corrected chi connectivity index (χ0v) is 76.1. The number of furan rings is 1. The SMILES string of the molecule is CC(C)(C)c1cccc2c3ccccc3n(-c3ccccc3)c12.CC(C)(C)c1cccc2oc3cccc(-c4ccccc4)c3c12.CC(C)(C)c1cccc2sc3cccc(-c4ccccc4)c3c12.CC(C)(C)c1ccccc1-c1ccccc1.CC(C)(C)c1ccccc1-n1c2ccccc2c2ccccc21.[2H]c1c([2H])c([2H])c(-c2ccccc2C(C)(C)C)c([2H])c1[2H]. The summed E-state index contributed by atoms with van der Waals surface area (Å²) < 4.78 is 53.2. The van der Waals surface area contributed by atoms with Gasteiger partial charge in [0.15, 0.2) is 0 Å². The highest BCUT2D eigenvalue weighted by Crippen LogP contribution is 2.47. The summed E-state index contributed by atoms with van der Waals surface area (Å²) in [6.07, 6.45) is 0. The fourth-order valence-corrected chi connectivity index (χ4v) is 18.6. The van der Waals surface area contributed by atoms with Gasteiger partial charge in [0.2, 0.25) is 0 Å². The van der Waals surface area contributed by atoms with Gasteiger partial charge < -0.3 is 13.6 Å². The highest BCUT2D eigenvalue weighted by molar-refractivity contribution is 7.26. The Morgan fingerprint density at radius 1 is 0.234 bits per heavy atom. The molecule has 0 radical (unpaired) electrons. The van der Waals surface area contributed by atoms with Gasteiger partial charge in [-0.15, -0.1) is 11.3 Å². The summed E-state index contributed by atoms with van der Waals surface area (Å²) >= 11 is 1.90. The van der Waals surface area contributed by atoms with Crippen LogP contribution in [0.4, 0.5) is 0 Å². The second-order valence-corrected chi connectivity index (χ2v) is 39.5. The molecule has 20 rings (SSSR count). The van der Waals surface area contributed by atoms with E-state index in [0.717, 1.165) is 16.7 Å². The first-order valence-electron chi connectivity index (χ1n) is 46.0. The van der Waals surface area contributed by atoms with Crippen LogP contribution in [0, 0.1) is 0 Å². The molecule has 0 aliphatic heterocycles. The van der Waals surface area contributed by atoms with Crippen molar-refractivity contribution in [3.05, 3.63) is 422 Å². The molecule has 16 aromatic carbocycles. The zero-order chi connectivity index (χ0) is 91.7. The fourth-order valence-electron chi connectivity index (χ4n) is 17.4. The summed E-state index contributed by atoms with van der Waals surface area (Å²) in [7, 11) is 0. The molecule has 0 unspecified atom stereocenters. The quantitative estimate of drug-likeness (QED) is 0.163. The molecule has 0 amide bonds. The first-order valence-corrected chi connectivity index (χ1v) is 44.3. The Labute approximate surface area is 747 Å². The van der Waals surface area contributed by atoms with Crippen LogP contribution in [-0.4, -0.2) is 9.13 Å². The molecule has 0 aliphatic carbocycles. The molecular formula is C120H118N2OS. The Bertz CT molecular complexity index is 7150. The molecule has 3 nitrogen and oxygen atoms in total. The van der Waals surface area contributed by atoms with E-state index in [0.29, 0.717) is 5.56 Å².